The fraction of sp³-hybridized carbons (Fsp3) is 0.533. The highest BCUT2D eigenvalue weighted by atomic mass is 35.5. The Morgan fingerprint density at radius 2 is 2.11 bits per heavy atom. The van der Waals surface area contributed by atoms with E-state index in [9.17, 15) is 0 Å². The molecule has 1 aliphatic rings. The first-order chi connectivity index (χ1) is 8.60. The number of anilines is 1. The first kappa shape index (κ1) is 13.2. The predicted molar refractivity (Wildman–Crippen MR) is 75.8 cm³/mol. The lowest BCUT2D eigenvalue weighted by atomic mass is 9.80. The molecule has 3 heteroatoms. The Kier molecular flexibility index (Phi) is 4.14. The van der Waals surface area contributed by atoms with Gasteiger partial charge in [-0.05, 0) is 42.9 Å². The smallest absolute Gasteiger partial charge is 0.101 e. The second kappa shape index (κ2) is 5.63. The molecular weight excluding hydrogens is 244 g/mol. The highest BCUT2D eigenvalue weighted by molar-refractivity contribution is 6.30. The van der Waals surface area contributed by atoms with Crippen LogP contribution in [0.25, 0.3) is 0 Å². The topological polar surface area (TPSA) is 35.8 Å². The van der Waals surface area contributed by atoms with E-state index in [2.05, 4.69) is 25.2 Å². The molecule has 1 fully saturated rings. The summed E-state index contributed by atoms with van der Waals surface area (Å²) in [6.45, 7) is 4.57. The lowest BCUT2D eigenvalue weighted by Gasteiger charge is -2.34. The van der Waals surface area contributed by atoms with E-state index in [1.807, 2.05) is 6.07 Å². The fourth-order valence-electron chi connectivity index (χ4n) is 2.67. The van der Waals surface area contributed by atoms with Crippen LogP contribution in [-0.4, -0.2) is 6.04 Å². The quantitative estimate of drug-likeness (QED) is 0.855. The van der Waals surface area contributed by atoms with E-state index in [4.69, 9.17) is 16.9 Å². The van der Waals surface area contributed by atoms with Crippen molar-refractivity contribution in [2.45, 2.75) is 39.2 Å². The third-order valence-electron chi connectivity index (χ3n) is 3.90. The summed E-state index contributed by atoms with van der Waals surface area (Å²) in [4.78, 5) is 0. The molecule has 2 rings (SSSR count). The number of nitrogens with zero attached hydrogens (tertiary/aromatic N) is 1. The van der Waals surface area contributed by atoms with Crippen molar-refractivity contribution in [2.75, 3.05) is 5.32 Å². The summed E-state index contributed by atoms with van der Waals surface area (Å²) in [6.07, 6.45) is 3.72. The van der Waals surface area contributed by atoms with E-state index >= 15 is 0 Å². The van der Waals surface area contributed by atoms with Crippen LogP contribution in [0.4, 0.5) is 5.69 Å². The molecule has 3 atom stereocenters. The van der Waals surface area contributed by atoms with Gasteiger partial charge < -0.3 is 5.32 Å². The summed E-state index contributed by atoms with van der Waals surface area (Å²) in [5, 5.41) is 13.3. The van der Waals surface area contributed by atoms with Gasteiger partial charge in [0.05, 0.1) is 11.3 Å². The molecule has 0 saturated heterocycles. The van der Waals surface area contributed by atoms with Crippen molar-refractivity contribution >= 4 is 17.3 Å². The summed E-state index contributed by atoms with van der Waals surface area (Å²) in [6, 6.07) is 8.06. The second-order valence-corrected chi connectivity index (χ2v) is 5.88. The molecule has 0 radical (unpaired) electrons. The number of benzene rings is 1. The van der Waals surface area contributed by atoms with E-state index in [1.165, 1.54) is 19.3 Å². The molecular formula is C15H19ClN2. The van der Waals surface area contributed by atoms with Gasteiger partial charge >= 0.3 is 0 Å². The third-order valence-corrected chi connectivity index (χ3v) is 4.14. The molecule has 1 aromatic rings. The van der Waals surface area contributed by atoms with E-state index in [0.717, 1.165) is 11.6 Å². The summed E-state index contributed by atoms with van der Waals surface area (Å²) in [7, 11) is 0. The standard InChI is InChI=1S/C15H19ClN2/c1-10-3-4-11(2)14(7-10)18-15-8-13(16)6-5-12(15)9-17/h5-6,8,10-11,14,18H,3-4,7H2,1-2H3. The molecule has 1 saturated carbocycles. The maximum Gasteiger partial charge on any atom is 0.101 e. The van der Waals surface area contributed by atoms with Crippen LogP contribution in [0.15, 0.2) is 18.2 Å². The zero-order chi connectivity index (χ0) is 13.1. The van der Waals surface area contributed by atoms with Crippen LogP contribution >= 0.6 is 11.6 Å². The second-order valence-electron chi connectivity index (χ2n) is 5.45. The number of halogens is 1. The van der Waals surface area contributed by atoms with Crippen LogP contribution in [0, 0.1) is 23.2 Å². The predicted octanol–water partition coefficient (Wildman–Crippen LogP) is 4.45. The maximum absolute atomic E-state index is 9.12. The number of hydrogen-bond donors (Lipinski definition) is 1. The molecule has 96 valence electrons. The van der Waals surface area contributed by atoms with Crippen molar-refractivity contribution in [1.82, 2.24) is 0 Å². The summed E-state index contributed by atoms with van der Waals surface area (Å²) >= 11 is 6.01. The number of nitriles is 1. The van der Waals surface area contributed by atoms with Crippen molar-refractivity contribution in [3.8, 4) is 6.07 Å². The molecule has 1 N–H and O–H groups in total. The minimum atomic E-state index is 0.444. The Morgan fingerprint density at radius 3 is 2.83 bits per heavy atom. The highest BCUT2D eigenvalue weighted by Crippen LogP contribution is 2.32. The Morgan fingerprint density at radius 1 is 1.33 bits per heavy atom. The maximum atomic E-state index is 9.12. The van der Waals surface area contributed by atoms with Gasteiger partial charge in [-0.1, -0.05) is 31.9 Å². The van der Waals surface area contributed by atoms with Gasteiger partial charge in [0.1, 0.15) is 6.07 Å². The third kappa shape index (κ3) is 2.97. The molecule has 2 nitrogen and oxygen atoms in total. The Hall–Kier alpha value is -1.20. The normalized spacial score (nSPS) is 27.6. The Bertz CT molecular complexity index is 464. The van der Waals surface area contributed by atoms with Crippen LogP contribution < -0.4 is 5.32 Å². The summed E-state index contributed by atoms with van der Waals surface area (Å²) < 4.78 is 0. The van der Waals surface area contributed by atoms with Gasteiger partial charge in [0.2, 0.25) is 0 Å². The van der Waals surface area contributed by atoms with Crippen molar-refractivity contribution in [3.63, 3.8) is 0 Å². The minimum Gasteiger partial charge on any atom is -0.381 e. The highest BCUT2D eigenvalue weighted by Gasteiger charge is 2.25. The zero-order valence-corrected chi connectivity index (χ0v) is 11.7. The number of rotatable bonds is 2. The average Bonchev–Trinajstić information content (AvgIpc) is 2.34. The van der Waals surface area contributed by atoms with E-state index < -0.39 is 0 Å². The molecule has 0 bridgehead atoms. The van der Waals surface area contributed by atoms with Gasteiger partial charge in [-0.2, -0.15) is 5.26 Å². The molecule has 0 amide bonds. The molecule has 0 heterocycles. The molecule has 0 spiro atoms. The van der Waals surface area contributed by atoms with Gasteiger partial charge in [-0.25, -0.2) is 0 Å². The van der Waals surface area contributed by atoms with Gasteiger partial charge in [0.25, 0.3) is 0 Å². The van der Waals surface area contributed by atoms with Gasteiger partial charge in [-0.15, -0.1) is 0 Å². The van der Waals surface area contributed by atoms with Gasteiger partial charge in [0.15, 0.2) is 0 Å². The molecule has 3 unspecified atom stereocenters. The van der Waals surface area contributed by atoms with Gasteiger partial charge in [0, 0.05) is 11.1 Å². The van der Waals surface area contributed by atoms with Crippen LogP contribution in [0.1, 0.15) is 38.7 Å². The van der Waals surface area contributed by atoms with E-state index in [-0.39, 0.29) is 0 Å². The molecule has 0 aromatic heterocycles. The van der Waals surface area contributed by atoms with Crippen molar-refractivity contribution in [2.24, 2.45) is 11.8 Å². The molecule has 1 aromatic carbocycles. The lowest BCUT2D eigenvalue weighted by Crippen LogP contribution is -2.33. The van der Waals surface area contributed by atoms with Crippen LogP contribution in [0.2, 0.25) is 5.02 Å². The molecule has 18 heavy (non-hydrogen) atoms. The van der Waals surface area contributed by atoms with Crippen molar-refractivity contribution in [1.29, 1.82) is 5.26 Å². The van der Waals surface area contributed by atoms with Crippen LogP contribution in [0.5, 0.6) is 0 Å². The van der Waals surface area contributed by atoms with E-state index in [0.29, 0.717) is 22.5 Å². The van der Waals surface area contributed by atoms with Crippen molar-refractivity contribution < 1.29 is 0 Å². The Labute approximate surface area is 114 Å². The lowest BCUT2D eigenvalue weighted by molar-refractivity contribution is 0.280. The Balaban J connectivity index is 2.17. The van der Waals surface area contributed by atoms with Gasteiger partial charge in [-0.3, -0.25) is 0 Å². The first-order valence-corrected chi connectivity index (χ1v) is 6.94. The SMILES string of the molecule is CC1CCC(C)C(Nc2cc(Cl)ccc2C#N)C1. The average molecular weight is 263 g/mol. The summed E-state index contributed by atoms with van der Waals surface area (Å²) in [5.74, 6) is 1.40. The van der Waals surface area contributed by atoms with Crippen LogP contribution in [-0.2, 0) is 0 Å². The largest absolute Gasteiger partial charge is 0.381 e. The molecule has 0 aliphatic heterocycles. The zero-order valence-electron chi connectivity index (χ0n) is 10.9. The summed E-state index contributed by atoms with van der Waals surface area (Å²) in [5.41, 5.74) is 1.54. The van der Waals surface area contributed by atoms with Crippen LogP contribution in [0.3, 0.4) is 0 Å². The first-order valence-electron chi connectivity index (χ1n) is 6.56. The van der Waals surface area contributed by atoms with E-state index in [1.54, 1.807) is 12.1 Å². The fourth-order valence-corrected chi connectivity index (χ4v) is 2.84. The monoisotopic (exact) mass is 262 g/mol. The molecule has 1 aliphatic carbocycles. The number of nitrogens with one attached hydrogen (secondary N) is 1. The minimum absolute atomic E-state index is 0.444. The van der Waals surface area contributed by atoms with Crippen molar-refractivity contribution in [3.05, 3.63) is 28.8 Å². The number of hydrogen-bond acceptors (Lipinski definition) is 2.